The van der Waals surface area contributed by atoms with Gasteiger partial charge in [-0.2, -0.15) is 10.3 Å². The SMILES string of the molecule is COc1ccc2c(c1)CC[C@@H]1[C@@H]2CC[C@](C)(N=C=O)[C@H]1CC#N. The van der Waals surface area contributed by atoms with Gasteiger partial charge in [-0.05, 0) is 67.7 Å². The van der Waals surface area contributed by atoms with E-state index in [4.69, 9.17) is 4.74 Å². The third kappa shape index (κ3) is 2.66. The van der Waals surface area contributed by atoms with Crippen molar-refractivity contribution in [2.45, 2.75) is 50.5 Å². The van der Waals surface area contributed by atoms with E-state index < -0.39 is 5.54 Å². The molecule has 0 unspecified atom stereocenters. The molecule has 1 aromatic rings. The second-order valence-corrected chi connectivity index (χ2v) is 6.94. The van der Waals surface area contributed by atoms with Gasteiger partial charge < -0.3 is 4.74 Å². The fraction of sp³-hybridized carbons (Fsp3) is 0.579. The van der Waals surface area contributed by atoms with E-state index in [1.54, 1.807) is 13.2 Å². The molecule has 0 aromatic heterocycles. The molecule has 120 valence electrons. The monoisotopic (exact) mass is 310 g/mol. The van der Waals surface area contributed by atoms with Gasteiger partial charge in [0.05, 0.1) is 18.7 Å². The third-order valence-corrected chi connectivity index (χ3v) is 5.90. The number of nitrogens with zero attached hydrogens (tertiary/aromatic N) is 2. The highest BCUT2D eigenvalue weighted by molar-refractivity contribution is 5.41. The standard InChI is InChI=1S/C19H22N2O2/c1-19(21-12-22)9-7-16-15-6-4-14(23-2)11-13(15)3-5-17(16)18(19)8-10-20/h4,6,11,16-18H,3,5,7-9H2,1-2H3/t16-,17-,18+,19+/m1/s1. The molecule has 0 saturated heterocycles. The van der Waals surface area contributed by atoms with Crippen LogP contribution >= 0.6 is 0 Å². The van der Waals surface area contributed by atoms with Crippen molar-refractivity contribution in [3.8, 4) is 11.8 Å². The lowest BCUT2D eigenvalue weighted by Crippen LogP contribution is -2.45. The molecule has 0 heterocycles. The van der Waals surface area contributed by atoms with Crippen LogP contribution in [0.5, 0.6) is 5.75 Å². The van der Waals surface area contributed by atoms with Crippen LogP contribution in [0.3, 0.4) is 0 Å². The zero-order chi connectivity index (χ0) is 16.4. The first kappa shape index (κ1) is 15.8. The number of benzene rings is 1. The lowest BCUT2D eigenvalue weighted by atomic mass is 9.57. The van der Waals surface area contributed by atoms with Crippen molar-refractivity contribution in [3.63, 3.8) is 0 Å². The molecule has 23 heavy (non-hydrogen) atoms. The van der Waals surface area contributed by atoms with E-state index in [9.17, 15) is 10.1 Å². The molecule has 1 aromatic carbocycles. The number of fused-ring (bicyclic) bond motifs is 3. The molecule has 1 saturated carbocycles. The fourth-order valence-corrected chi connectivity index (χ4v) is 4.70. The zero-order valence-corrected chi connectivity index (χ0v) is 13.7. The molecule has 3 rings (SSSR count). The van der Waals surface area contributed by atoms with Gasteiger partial charge in [0.1, 0.15) is 5.75 Å². The largest absolute Gasteiger partial charge is 0.497 e. The van der Waals surface area contributed by atoms with Crippen molar-refractivity contribution in [2.75, 3.05) is 7.11 Å². The van der Waals surface area contributed by atoms with Gasteiger partial charge in [0.2, 0.25) is 6.08 Å². The maximum absolute atomic E-state index is 10.9. The second kappa shape index (κ2) is 6.18. The van der Waals surface area contributed by atoms with Gasteiger partial charge in [0.25, 0.3) is 0 Å². The summed E-state index contributed by atoms with van der Waals surface area (Å²) in [5, 5.41) is 9.27. The number of aryl methyl sites for hydroxylation is 1. The Morgan fingerprint density at radius 3 is 2.96 bits per heavy atom. The van der Waals surface area contributed by atoms with Crippen LogP contribution in [0, 0.1) is 23.2 Å². The molecular weight excluding hydrogens is 288 g/mol. The minimum absolute atomic E-state index is 0.128. The molecule has 0 amide bonds. The molecule has 0 spiro atoms. The Bertz CT molecular complexity index is 687. The van der Waals surface area contributed by atoms with Crippen LogP contribution in [0.15, 0.2) is 23.2 Å². The minimum Gasteiger partial charge on any atom is -0.497 e. The lowest BCUT2D eigenvalue weighted by molar-refractivity contribution is 0.100. The number of methoxy groups -OCH3 is 1. The number of hydrogen-bond acceptors (Lipinski definition) is 4. The van der Waals surface area contributed by atoms with E-state index in [2.05, 4.69) is 23.2 Å². The highest BCUT2D eigenvalue weighted by Crippen LogP contribution is 2.53. The maximum atomic E-state index is 10.9. The Labute approximate surface area is 137 Å². The number of rotatable bonds is 3. The lowest BCUT2D eigenvalue weighted by Gasteiger charge is -2.49. The molecular formula is C19H22N2O2. The first-order valence-electron chi connectivity index (χ1n) is 8.25. The van der Waals surface area contributed by atoms with Crippen LogP contribution in [0.4, 0.5) is 0 Å². The smallest absolute Gasteiger partial charge is 0.235 e. The summed E-state index contributed by atoms with van der Waals surface area (Å²) in [4.78, 5) is 15.0. The van der Waals surface area contributed by atoms with Crippen LogP contribution in [-0.4, -0.2) is 18.7 Å². The average Bonchev–Trinajstić information content (AvgIpc) is 2.57. The number of hydrogen-bond donors (Lipinski definition) is 0. The number of nitriles is 1. The molecule has 0 bridgehead atoms. The number of isocyanates is 1. The van der Waals surface area contributed by atoms with Crippen molar-refractivity contribution in [3.05, 3.63) is 29.3 Å². The molecule has 4 atom stereocenters. The minimum atomic E-state index is -0.442. The molecule has 4 nitrogen and oxygen atoms in total. The Balaban J connectivity index is 1.97. The van der Waals surface area contributed by atoms with E-state index in [-0.39, 0.29) is 5.92 Å². The van der Waals surface area contributed by atoms with Gasteiger partial charge >= 0.3 is 0 Å². The second-order valence-electron chi connectivity index (χ2n) is 6.94. The van der Waals surface area contributed by atoms with Gasteiger partial charge in [-0.3, -0.25) is 0 Å². The van der Waals surface area contributed by atoms with E-state index >= 15 is 0 Å². The van der Waals surface area contributed by atoms with Crippen LogP contribution in [0.25, 0.3) is 0 Å². The third-order valence-electron chi connectivity index (χ3n) is 5.90. The predicted octanol–water partition coefficient (Wildman–Crippen LogP) is 3.76. The van der Waals surface area contributed by atoms with Crippen LogP contribution in [0.1, 0.15) is 49.7 Å². The molecule has 0 aliphatic heterocycles. The Morgan fingerprint density at radius 2 is 2.26 bits per heavy atom. The maximum Gasteiger partial charge on any atom is 0.235 e. The van der Waals surface area contributed by atoms with E-state index in [1.807, 2.05) is 13.0 Å². The van der Waals surface area contributed by atoms with Crippen LogP contribution in [-0.2, 0) is 11.2 Å². The van der Waals surface area contributed by atoms with Crippen molar-refractivity contribution in [2.24, 2.45) is 16.8 Å². The van der Waals surface area contributed by atoms with E-state index in [0.29, 0.717) is 18.3 Å². The Kier molecular flexibility index (Phi) is 4.24. The number of carbonyl (C=O) groups excluding carboxylic acids is 1. The van der Waals surface area contributed by atoms with E-state index in [1.165, 1.54) is 11.1 Å². The summed E-state index contributed by atoms with van der Waals surface area (Å²) in [7, 11) is 1.69. The van der Waals surface area contributed by atoms with Gasteiger partial charge in [0, 0.05) is 12.3 Å². The Hall–Kier alpha value is -2.11. The topological polar surface area (TPSA) is 62.4 Å². The fourth-order valence-electron chi connectivity index (χ4n) is 4.70. The molecule has 0 radical (unpaired) electrons. The molecule has 4 heteroatoms. The van der Waals surface area contributed by atoms with Gasteiger partial charge in [-0.1, -0.05) is 6.07 Å². The Morgan fingerprint density at radius 1 is 1.43 bits per heavy atom. The summed E-state index contributed by atoms with van der Waals surface area (Å²) in [6.45, 7) is 2.01. The number of ether oxygens (including phenoxy) is 1. The highest BCUT2D eigenvalue weighted by Gasteiger charge is 2.48. The zero-order valence-electron chi connectivity index (χ0n) is 13.7. The molecule has 0 N–H and O–H groups in total. The first-order valence-corrected chi connectivity index (χ1v) is 8.25. The summed E-state index contributed by atoms with van der Waals surface area (Å²) >= 11 is 0. The van der Waals surface area contributed by atoms with Gasteiger partial charge in [0.15, 0.2) is 0 Å². The van der Waals surface area contributed by atoms with Gasteiger partial charge in [-0.15, -0.1) is 0 Å². The summed E-state index contributed by atoms with van der Waals surface area (Å²) in [5.41, 5.74) is 2.31. The average molecular weight is 310 g/mol. The molecule has 1 fully saturated rings. The highest BCUT2D eigenvalue weighted by atomic mass is 16.5. The van der Waals surface area contributed by atoms with Crippen molar-refractivity contribution in [1.29, 1.82) is 5.26 Å². The quantitative estimate of drug-likeness (QED) is 0.631. The summed E-state index contributed by atoms with van der Waals surface area (Å²) in [5.74, 6) is 1.90. The van der Waals surface area contributed by atoms with Gasteiger partial charge in [-0.25, -0.2) is 4.79 Å². The molecule has 2 aliphatic carbocycles. The molecule has 2 aliphatic rings. The predicted molar refractivity (Wildman–Crippen MR) is 87.0 cm³/mol. The van der Waals surface area contributed by atoms with Crippen molar-refractivity contribution < 1.29 is 9.53 Å². The first-order chi connectivity index (χ1) is 11.1. The van der Waals surface area contributed by atoms with Crippen LogP contribution in [0.2, 0.25) is 0 Å². The number of aliphatic imine (C=N–C) groups is 1. The van der Waals surface area contributed by atoms with Crippen LogP contribution < -0.4 is 4.74 Å². The van der Waals surface area contributed by atoms with Crippen molar-refractivity contribution in [1.82, 2.24) is 0 Å². The summed E-state index contributed by atoms with van der Waals surface area (Å²) < 4.78 is 5.34. The normalized spacial score (nSPS) is 32.0. The van der Waals surface area contributed by atoms with Crippen molar-refractivity contribution >= 4 is 6.08 Å². The summed E-state index contributed by atoms with van der Waals surface area (Å²) in [6, 6.07) is 8.66. The summed E-state index contributed by atoms with van der Waals surface area (Å²) in [6.07, 6.45) is 6.08. The van der Waals surface area contributed by atoms with E-state index in [0.717, 1.165) is 31.4 Å².